The molecule has 0 spiro atoms. The Bertz CT molecular complexity index is 638. The number of halogens is 2. The smallest absolute Gasteiger partial charge is 0.292 e. The molecule has 1 heterocycles. The van der Waals surface area contributed by atoms with Crippen LogP contribution in [0.25, 0.3) is 5.69 Å². The number of aromatic hydroxyl groups is 1. The van der Waals surface area contributed by atoms with E-state index in [1.807, 2.05) is 13.0 Å². The van der Waals surface area contributed by atoms with E-state index in [1.54, 1.807) is 18.2 Å². The van der Waals surface area contributed by atoms with Gasteiger partial charge in [0.05, 0.1) is 5.69 Å². The van der Waals surface area contributed by atoms with Crippen molar-refractivity contribution in [2.45, 2.75) is 6.92 Å². The molecule has 0 aliphatic rings. The lowest BCUT2D eigenvalue weighted by atomic mass is 10.2. The maximum atomic E-state index is 11.8. The van der Waals surface area contributed by atoms with Crippen LogP contribution in [0.15, 0.2) is 29.1 Å². The molecule has 0 atom stereocenters. The van der Waals surface area contributed by atoms with Crippen molar-refractivity contribution in [3.63, 3.8) is 0 Å². The minimum Gasteiger partial charge on any atom is -0.491 e. The second-order valence-corrected chi connectivity index (χ2v) is 4.26. The summed E-state index contributed by atoms with van der Waals surface area (Å²) in [7, 11) is 0. The third-order valence-corrected chi connectivity index (χ3v) is 3.02. The molecule has 0 aliphatic heterocycles. The van der Waals surface area contributed by atoms with Gasteiger partial charge in [0.25, 0.3) is 5.56 Å². The Labute approximate surface area is 107 Å². The molecule has 1 aromatic heterocycles. The molecular weight excluding hydrogens is 263 g/mol. The number of hydrogen-bond donors (Lipinski definition) is 1. The third-order valence-electron chi connectivity index (χ3n) is 2.21. The van der Waals surface area contributed by atoms with Crippen LogP contribution in [0.3, 0.4) is 0 Å². The van der Waals surface area contributed by atoms with Crippen LogP contribution < -0.4 is 5.56 Å². The SMILES string of the molecule is Cc1cccc(-n2nc(O)c(Cl)c(Cl)c2=O)c1. The standard InChI is InChI=1S/C11H8Cl2N2O2/c1-6-3-2-4-7(5-6)15-11(17)9(13)8(12)10(16)14-15/h2-5H,1H3,(H,14,16). The first-order valence-corrected chi connectivity index (χ1v) is 5.50. The Kier molecular flexibility index (Phi) is 3.09. The average Bonchev–Trinajstić information content (AvgIpc) is 2.31. The second-order valence-electron chi connectivity index (χ2n) is 3.51. The Hall–Kier alpha value is -1.52. The fourth-order valence-electron chi connectivity index (χ4n) is 1.40. The van der Waals surface area contributed by atoms with E-state index in [4.69, 9.17) is 23.2 Å². The van der Waals surface area contributed by atoms with Gasteiger partial charge in [-0.3, -0.25) is 4.79 Å². The van der Waals surface area contributed by atoms with Gasteiger partial charge in [-0.1, -0.05) is 35.3 Å². The number of rotatable bonds is 1. The average molecular weight is 271 g/mol. The van der Waals surface area contributed by atoms with E-state index in [9.17, 15) is 9.90 Å². The van der Waals surface area contributed by atoms with Crippen molar-refractivity contribution in [1.82, 2.24) is 9.78 Å². The fraction of sp³-hybridized carbons (Fsp3) is 0.0909. The van der Waals surface area contributed by atoms with Crippen molar-refractivity contribution in [3.05, 3.63) is 50.2 Å². The molecule has 0 aliphatic carbocycles. The van der Waals surface area contributed by atoms with Crippen LogP contribution in [-0.2, 0) is 0 Å². The molecule has 0 fully saturated rings. The van der Waals surface area contributed by atoms with Gasteiger partial charge in [-0.2, -0.15) is 4.68 Å². The summed E-state index contributed by atoms with van der Waals surface area (Å²) in [5.41, 5.74) is 0.908. The normalized spacial score (nSPS) is 10.5. The van der Waals surface area contributed by atoms with Crippen LogP contribution in [0.1, 0.15) is 5.56 Å². The van der Waals surface area contributed by atoms with Crippen LogP contribution in [-0.4, -0.2) is 14.9 Å². The second kappa shape index (κ2) is 4.39. The number of aryl methyl sites for hydroxylation is 1. The minimum absolute atomic E-state index is 0.236. The summed E-state index contributed by atoms with van der Waals surface area (Å²) in [5.74, 6) is -0.474. The monoisotopic (exact) mass is 270 g/mol. The zero-order chi connectivity index (χ0) is 12.6. The van der Waals surface area contributed by atoms with E-state index in [0.29, 0.717) is 5.69 Å². The molecule has 0 saturated heterocycles. The van der Waals surface area contributed by atoms with Crippen LogP contribution >= 0.6 is 23.2 Å². The van der Waals surface area contributed by atoms with Crippen LogP contribution in [0.5, 0.6) is 5.88 Å². The van der Waals surface area contributed by atoms with Gasteiger partial charge in [0.15, 0.2) is 0 Å². The molecule has 0 amide bonds. The summed E-state index contributed by atoms with van der Waals surface area (Å²) in [4.78, 5) is 11.8. The first-order chi connectivity index (χ1) is 8.00. The maximum absolute atomic E-state index is 11.8. The molecule has 0 unspecified atom stereocenters. The van der Waals surface area contributed by atoms with Gasteiger partial charge in [-0.25, -0.2) is 0 Å². The number of hydrogen-bond acceptors (Lipinski definition) is 3. The van der Waals surface area contributed by atoms with Crippen molar-refractivity contribution in [2.75, 3.05) is 0 Å². The van der Waals surface area contributed by atoms with Gasteiger partial charge < -0.3 is 5.11 Å². The van der Waals surface area contributed by atoms with Crippen molar-refractivity contribution < 1.29 is 5.11 Å². The van der Waals surface area contributed by atoms with Gasteiger partial charge in [0.2, 0.25) is 5.88 Å². The topological polar surface area (TPSA) is 55.1 Å². The van der Waals surface area contributed by atoms with Gasteiger partial charge >= 0.3 is 0 Å². The molecule has 1 N–H and O–H groups in total. The van der Waals surface area contributed by atoms with E-state index in [-0.39, 0.29) is 10.0 Å². The summed E-state index contributed by atoms with van der Waals surface area (Å²) in [5, 5.41) is 12.7. The zero-order valence-corrected chi connectivity index (χ0v) is 10.3. The number of aromatic nitrogens is 2. The lowest BCUT2D eigenvalue weighted by molar-refractivity contribution is 0.437. The Morgan fingerprint density at radius 2 is 2.00 bits per heavy atom. The third kappa shape index (κ3) is 2.14. The predicted molar refractivity (Wildman–Crippen MR) is 66.3 cm³/mol. The van der Waals surface area contributed by atoms with Crippen molar-refractivity contribution in [1.29, 1.82) is 0 Å². The van der Waals surface area contributed by atoms with Gasteiger partial charge in [-0.05, 0) is 24.6 Å². The molecule has 0 bridgehead atoms. The Morgan fingerprint density at radius 1 is 1.29 bits per heavy atom. The highest BCUT2D eigenvalue weighted by atomic mass is 35.5. The molecule has 1 aromatic carbocycles. The van der Waals surface area contributed by atoms with Gasteiger partial charge in [0.1, 0.15) is 10.0 Å². The van der Waals surface area contributed by atoms with Gasteiger partial charge in [0, 0.05) is 0 Å². The molecule has 6 heteroatoms. The van der Waals surface area contributed by atoms with Crippen LogP contribution in [0, 0.1) is 6.92 Å². The van der Waals surface area contributed by atoms with Crippen molar-refractivity contribution in [2.24, 2.45) is 0 Å². The largest absolute Gasteiger partial charge is 0.491 e. The zero-order valence-electron chi connectivity index (χ0n) is 8.82. The van der Waals surface area contributed by atoms with Crippen LogP contribution in [0.2, 0.25) is 10.0 Å². The Balaban J connectivity index is 2.73. The van der Waals surface area contributed by atoms with E-state index in [2.05, 4.69) is 5.10 Å². The fourth-order valence-corrected chi connectivity index (χ4v) is 1.69. The molecule has 17 heavy (non-hydrogen) atoms. The van der Waals surface area contributed by atoms with Crippen molar-refractivity contribution in [3.8, 4) is 11.6 Å². The molecule has 2 rings (SSSR count). The van der Waals surface area contributed by atoms with Crippen LogP contribution in [0.4, 0.5) is 0 Å². The summed E-state index contributed by atoms with van der Waals surface area (Å²) in [6, 6.07) is 7.09. The molecule has 4 nitrogen and oxygen atoms in total. The quantitative estimate of drug-likeness (QED) is 0.867. The molecule has 0 saturated carbocycles. The number of nitrogens with zero attached hydrogens (tertiary/aromatic N) is 2. The van der Waals surface area contributed by atoms with Crippen molar-refractivity contribution >= 4 is 23.2 Å². The van der Waals surface area contributed by atoms with E-state index in [1.165, 1.54) is 0 Å². The summed E-state index contributed by atoms with van der Waals surface area (Å²) in [6.45, 7) is 1.88. The molecule has 2 aromatic rings. The maximum Gasteiger partial charge on any atom is 0.292 e. The first kappa shape index (κ1) is 12.0. The molecule has 0 radical (unpaired) electrons. The highest BCUT2D eigenvalue weighted by molar-refractivity contribution is 6.42. The first-order valence-electron chi connectivity index (χ1n) is 4.75. The van der Waals surface area contributed by atoms with E-state index >= 15 is 0 Å². The van der Waals surface area contributed by atoms with E-state index in [0.717, 1.165) is 10.2 Å². The van der Waals surface area contributed by atoms with E-state index < -0.39 is 11.4 Å². The van der Waals surface area contributed by atoms with Gasteiger partial charge in [-0.15, -0.1) is 5.10 Å². The summed E-state index contributed by atoms with van der Waals surface area (Å²) < 4.78 is 1.01. The molecule has 88 valence electrons. The Morgan fingerprint density at radius 3 is 2.65 bits per heavy atom. The highest BCUT2D eigenvalue weighted by Crippen LogP contribution is 2.25. The molecular formula is C11H8Cl2N2O2. The highest BCUT2D eigenvalue weighted by Gasteiger charge is 2.14. The predicted octanol–water partition coefficient (Wildman–Crippen LogP) is 2.55. The number of benzene rings is 1. The summed E-state index contributed by atoms with van der Waals surface area (Å²) >= 11 is 11.3. The lowest BCUT2D eigenvalue weighted by Crippen LogP contribution is -2.21. The summed E-state index contributed by atoms with van der Waals surface area (Å²) in [6.07, 6.45) is 0. The lowest BCUT2D eigenvalue weighted by Gasteiger charge is -2.07. The minimum atomic E-state index is -0.569.